The molecule has 4 rings (SSSR count). The van der Waals surface area contributed by atoms with Gasteiger partial charge in [-0.1, -0.05) is 11.3 Å². The van der Waals surface area contributed by atoms with Crippen LogP contribution in [0, 0.1) is 23.3 Å². The summed E-state index contributed by atoms with van der Waals surface area (Å²) in [5.74, 6) is -4.59. The topological polar surface area (TPSA) is 92.3 Å². The van der Waals surface area contributed by atoms with Crippen molar-refractivity contribution >= 4 is 33.0 Å². The number of hydrogen-bond donors (Lipinski definition) is 1. The highest BCUT2D eigenvalue weighted by Gasteiger charge is 2.39. The predicted octanol–water partition coefficient (Wildman–Crippen LogP) is 3.87. The van der Waals surface area contributed by atoms with Crippen LogP contribution in [-0.4, -0.2) is 35.4 Å². The average Bonchev–Trinajstić information content (AvgIpc) is 3.41. The highest BCUT2D eigenvalue weighted by Crippen LogP contribution is 2.38. The van der Waals surface area contributed by atoms with E-state index in [0.29, 0.717) is 25.0 Å². The summed E-state index contributed by atoms with van der Waals surface area (Å²) >= 11 is 0.784. The number of benzene rings is 2. The third-order valence-electron chi connectivity index (χ3n) is 4.78. The van der Waals surface area contributed by atoms with E-state index >= 15 is 0 Å². The van der Waals surface area contributed by atoms with Crippen molar-refractivity contribution in [2.24, 2.45) is 0 Å². The highest BCUT2D eigenvalue weighted by molar-refractivity contribution is 7.89. The number of aromatic nitrogens is 2. The number of carbonyl (C=O) groups excluding carboxylic acids is 1. The van der Waals surface area contributed by atoms with E-state index in [1.54, 1.807) is 0 Å². The molecule has 2 aromatic carbocycles. The van der Waals surface area contributed by atoms with Crippen molar-refractivity contribution in [3.63, 3.8) is 0 Å². The summed E-state index contributed by atoms with van der Waals surface area (Å²) in [4.78, 5) is 11.6. The molecule has 1 atom stereocenters. The molecule has 0 unspecified atom stereocenters. The van der Waals surface area contributed by atoms with Gasteiger partial charge >= 0.3 is 0 Å². The average molecular weight is 486 g/mol. The molecule has 1 fully saturated rings. The normalized spacial score (nSPS) is 16.9. The maximum absolute atomic E-state index is 14.1. The SMILES string of the molecule is O=C(Nc1ccc(F)cc1F)c1nnc([C@H]2CCCN2S(=O)(=O)c2cc(F)ccc2F)s1. The van der Waals surface area contributed by atoms with E-state index in [2.05, 4.69) is 15.5 Å². The Hall–Kier alpha value is -2.90. The molecule has 0 saturated carbocycles. The minimum atomic E-state index is -4.39. The van der Waals surface area contributed by atoms with E-state index in [1.807, 2.05) is 0 Å². The fourth-order valence-corrected chi connectivity index (χ4v) is 5.99. The van der Waals surface area contributed by atoms with Crippen LogP contribution in [-0.2, 0) is 10.0 Å². The lowest BCUT2D eigenvalue weighted by Gasteiger charge is -2.22. The smallest absolute Gasteiger partial charge is 0.286 e. The Balaban J connectivity index is 1.58. The lowest BCUT2D eigenvalue weighted by Crippen LogP contribution is -2.31. The zero-order valence-electron chi connectivity index (χ0n) is 16.1. The van der Waals surface area contributed by atoms with Gasteiger partial charge < -0.3 is 5.32 Å². The Kier molecular flexibility index (Phi) is 5.97. The largest absolute Gasteiger partial charge is 0.317 e. The van der Waals surface area contributed by atoms with Crippen LogP contribution >= 0.6 is 11.3 Å². The maximum atomic E-state index is 14.1. The fourth-order valence-electron chi connectivity index (χ4n) is 3.30. The monoisotopic (exact) mass is 486 g/mol. The number of halogens is 4. The number of carbonyl (C=O) groups is 1. The van der Waals surface area contributed by atoms with Gasteiger partial charge in [-0.2, -0.15) is 4.31 Å². The summed E-state index contributed by atoms with van der Waals surface area (Å²) in [5, 5.41) is 9.84. The lowest BCUT2D eigenvalue weighted by molar-refractivity contribution is 0.102. The van der Waals surface area contributed by atoms with Crippen LogP contribution in [0.3, 0.4) is 0 Å². The van der Waals surface area contributed by atoms with Crippen LogP contribution in [0.15, 0.2) is 41.3 Å². The van der Waals surface area contributed by atoms with Crippen molar-refractivity contribution in [3.8, 4) is 0 Å². The Morgan fingerprint density at radius 3 is 2.50 bits per heavy atom. The van der Waals surface area contributed by atoms with Crippen molar-refractivity contribution in [3.05, 3.63) is 69.7 Å². The van der Waals surface area contributed by atoms with Gasteiger partial charge in [0.1, 0.15) is 33.2 Å². The Bertz CT molecular complexity index is 1300. The molecule has 13 heteroatoms. The molecule has 0 radical (unpaired) electrons. The molecule has 1 aliphatic heterocycles. The van der Waals surface area contributed by atoms with Crippen LogP contribution < -0.4 is 5.32 Å². The second-order valence-electron chi connectivity index (χ2n) is 6.87. The summed E-state index contributed by atoms with van der Waals surface area (Å²) in [6, 6.07) is 3.94. The minimum absolute atomic E-state index is 0.0465. The first-order chi connectivity index (χ1) is 15.2. The lowest BCUT2D eigenvalue weighted by atomic mass is 10.2. The van der Waals surface area contributed by atoms with Gasteiger partial charge in [0.05, 0.1) is 11.7 Å². The quantitative estimate of drug-likeness (QED) is 0.553. The second kappa shape index (κ2) is 8.56. The molecule has 3 aromatic rings. The predicted molar refractivity (Wildman–Crippen MR) is 106 cm³/mol. The Labute approximate surface area is 183 Å². The molecule has 1 aliphatic rings. The van der Waals surface area contributed by atoms with Crippen LogP contribution in [0.5, 0.6) is 0 Å². The number of anilines is 1. The second-order valence-corrected chi connectivity index (χ2v) is 9.74. The zero-order chi connectivity index (χ0) is 23.0. The summed E-state index contributed by atoms with van der Waals surface area (Å²) < 4.78 is 81.4. The van der Waals surface area contributed by atoms with Crippen molar-refractivity contribution in [1.82, 2.24) is 14.5 Å². The van der Waals surface area contributed by atoms with E-state index in [9.17, 15) is 30.8 Å². The number of amides is 1. The van der Waals surface area contributed by atoms with Gasteiger partial charge in [-0.25, -0.2) is 26.0 Å². The summed E-state index contributed by atoms with van der Waals surface area (Å²) in [5.41, 5.74) is -0.264. The van der Waals surface area contributed by atoms with Crippen molar-refractivity contribution in [2.75, 3.05) is 11.9 Å². The molecular weight excluding hydrogens is 472 g/mol. The molecule has 0 bridgehead atoms. The van der Waals surface area contributed by atoms with Crippen molar-refractivity contribution in [2.45, 2.75) is 23.8 Å². The highest BCUT2D eigenvalue weighted by atomic mass is 32.2. The number of nitrogens with zero attached hydrogens (tertiary/aromatic N) is 3. The number of rotatable bonds is 5. The first-order valence-corrected chi connectivity index (χ1v) is 11.5. The summed E-state index contributed by atoms with van der Waals surface area (Å²) in [7, 11) is -4.39. The van der Waals surface area contributed by atoms with Gasteiger partial charge in [-0.3, -0.25) is 4.79 Å². The molecule has 0 spiro atoms. The molecule has 2 heterocycles. The van der Waals surface area contributed by atoms with Crippen molar-refractivity contribution < 1.29 is 30.8 Å². The van der Waals surface area contributed by atoms with E-state index in [-0.39, 0.29) is 22.2 Å². The third-order valence-corrected chi connectivity index (χ3v) is 7.73. The van der Waals surface area contributed by atoms with E-state index in [0.717, 1.165) is 39.9 Å². The number of nitrogens with one attached hydrogen (secondary N) is 1. The van der Waals surface area contributed by atoms with Crippen molar-refractivity contribution in [1.29, 1.82) is 0 Å². The van der Waals surface area contributed by atoms with Gasteiger partial charge in [0, 0.05) is 12.6 Å². The zero-order valence-corrected chi connectivity index (χ0v) is 17.7. The van der Waals surface area contributed by atoms with Gasteiger partial charge in [-0.05, 0) is 43.2 Å². The molecule has 0 aliphatic carbocycles. The number of sulfonamides is 1. The molecule has 1 amide bonds. The summed E-state index contributed by atoms with van der Waals surface area (Å²) in [6.07, 6.45) is 0.766. The molecule has 1 N–H and O–H groups in total. The standard InChI is InChI=1S/C19H14F4N4O3S2/c20-10-4-6-14(13(23)8-10)24-17(28)19-26-25-18(31-19)15-2-1-7-27(15)32(29,30)16-9-11(21)3-5-12(16)22/h3-6,8-9,15H,1-2,7H2,(H,24,28)/t15-/m1/s1. The molecular formula is C19H14F4N4O3S2. The first-order valence-electron chi connectivity index (χ1n) is 9.23. The van der Waals surface area contributed by atoms with Crippen LogP contribution in [0.2, 0.25) is 0 Å². The van der Waals surface area contributed by atoms with Gasteiger partial charge in [0.2, 0.25) is 15.0 Å². The van der Waals surface area contributed by atoms with Crippen LogP contribution in [0.1, 0.15) is 33.7 Å². The van der Waals surface area contributed by atoms with Crippen LogP contribution in [0.4, 0.5) is 23.2 Å². The van der Waals surface area contributed by atoms with Gasteiger partial charge in [0.15, 0.2) is 0 Å². The maximum Gasteiger partial charge on any atom is 0.286 e. The van der Waals surface area contributed by atoms with E-state index < -0.39 is 50.1 Å². The Morgan fingerprint density at radius 1 is 1.03 bits per heavy atom. The van der Waals surface area contributed by atoms with Gasteiger partial charge in [-0.15, -0.1) is 10.2 Å². The minimum Gasteiger partial charge on any atom is -0.317 e. The Morgan fingerprint density at radius 2 is 1.75 bits per heavy atom. The molecule has 1 aromatic heterocycles. The first kappa shape index (κ1) is 22.3. The molecule has 7 nitrogen and oxygen atoms in total. The van der Waals surface area contributed by atoms with Gasteiger partial charge in [0.25, 0.3) is 5.91 Å². The van der Waals surface area contributed by atoms with E-state index in [4.69, 9.17) is 0 Å². The third kappa shape index (κ3) is 4.23. The summed E-state index contributed by atoms with van der Waals surface area (Å²) in [6.45, 7) is 0.0465. The number of hydrogen-bond acceptors (Lipinski definition) is 6. The van der Waals surface area contributed by atoms with Crippen LogP contribution in [0.25, 0.3) is 0 Å². The molecule has 32 heavy (non-hydrogen) atoms. The van der Waals surface area contributed by atoms with E-state index in [1.165, 1.54) is 0 Å². The fraction of sp³-hybridized carbons (Fsp3) is 0.211. The molecule has 1 saturated heterocycles. The molecule has 168 valence electrons.